The van der Waals surface area contributed by atoms with Crippen molar-refractivity contribution in [3.8, 4) is 0 Å². The van der Waals surface area contributed by atoms with E-state index in [1.807, 2.05) is 0 Å². The van der Waals surface area contributed by atoms with Crippen molar-refractivity contribution in [1.29, 1.82) is 0 Å². The quantitative estimate of drug-likeness (QED) is 0.0846. The number of hydrogen-bond donors (Lipinski definition) is 0. The highest BCUT2D eigenvalue weighted by Crippen LogP contribution is 2.48. The minimum absolute atomic E-state index is 0.0719. The van der Waals surface area contributed by atoms with Crippen LogP contribution < -0.4 is 15.9 Å². The van der Waals surface area contributed by atoms with Crippen LogP contribution in [0, 0.1) is 5.41 Å². The molecular formula is C34H26F9O3P. The van der Waals surface area contributed by atoms with Gasteiger partial charge in [-0.15, -0.1) is 0 Å². The second-order valence-electron chi connectivity index (χ2n) is 11.7. The summed E-state index contributed by atoms with van der Waals surface area (Å²) in [7, 11) is -4.71. The summed E-state index contributed by atoms with van der Waals surface area (Å²) in [6, 6.07) is 14.4. The van der Waals surface area contributed by atoms with Gasteiger partial charge < -0.3 is 4.57 Å². The van der Waals surface area contributed by atoms with Crippen LogP contribution in [-0.4, -0.2) is 11.6 Å². The van der Waals surface area contributed by atoms with E-state index in [4.69, 9.17) is 0 Å². The van der Waals surface area contributed by atoms with Crippen LogP contribution in [0.4, 0.5) is 39.5 Å². The first kappa shape index (κ1) is 35.7. The van der Waals surface area contributed by atoms with Gasteiger partial charge in [-0.25, -0.2) is 0 Å². The van der Waals surface area contributed by atoms with Crippen molar-refractivity contribution in [2.24, 2.45) is 5.41 Å². The summed E-state index contributed by atoms with van der Waals surface area (Å²) < 4.78 is 138. The first-order valence-electron chi connectivity index (χ1n) is 13.9. The number of carbonyl (C=O) groups excluding carboxylic acids is 2. The lowest BCUT2D eigenvalue weighted by Gasteiger charge is -2.30. The molecule has 4 aromatic rings. The molecule has 47 heavy (non-hydrogen) atoms. The zero-order valence-electron chi connectivity index (χ0n) is 24.9. The number of rotatable bonds is 7. The Kier molecular flexibility index (Phi) is 9.45. The first-order valence-corrected chi connectivity index (χ1v) is 15.6. The van der Waals surface area contributed by atoms with Gasteiger partial charge in [-0.2, -0.15) is 39.5 Å². The Morgan fingerprint density at radius 3 is 1.36 bits per heavy atom. The van der Waals surface area contributed by atoms with Crippen LogP contribution in [-0.2, 0) is 27.9 Å². The van der Waals surface area contributed by atoms with E-state index in [0.717, 1.165) is 30.3 Å². The maximum absolute atomic E-state index is 15.4. The van der Waals surface area contributed by atoms with Crippen molar-refractivity contribution < 1.29 is 53.7 Å². The normalized spacial score (nSPS) is 13.7. The third-order valence-corrected chi connectivity index (χ3v) is 10.6. The van der Waals surface area contributed by atoms with Crippen molar-refractivity contribution in [3.63, 3.8) is 0 Å². The summed E-state index contributed by atoms with van der Waals surface area (Å²) in [5, 5.41) is -1.31. The molecule has 0 saturated heterocycles. The Labute approximate surface area is 263 Å². The molecular weight excluding hydrogens is 658 g/mol. The third-order valence-electron chi connectivity index (χ3n) is 7.44. The van der Waals surface area contributed by atoms with Gasteiger partial charge in [0.15, 0.2) is 18.7 Å². The summed E-state index contributed by atoms with van der Waals surface area (Å²) in [5.41, 5.74) is -5.71. The molecule has 0 aliphatic heterocycles. The van der Waals surface area contributed by atoms with E-state index < -0.39 is 76.1 Å². The highest BCUT2D eigenvalue weighted by atomic mass is 31.2. The number of hydrogen-bond acceptors (Lipinski definition) is 3. The predicted molar refractivity (Wildman–Crippen MR) is 159 cm³/mol. The van der Waals surface area contributed by atoms with Gasteiger partial charge in [0.25, 0.3) is 0 Å². The Morgan fingerprint density at radius 1 is 0.574 bits per heavy atom. The molecule has 0 spiro atoms. The van der Waals surface area contributed by atoms with Gasteiger partial charge in [0.05, 0.1) is 16.7 Å². The summed E-state index contributed by atoms with van der Waals surface area (Å²) in [6.07, 6.45) is -14.7. The van der Waals surface area contributed by atoms with Crippen molar-refractivity contribution >= 4 is 34.6 Å². The summed E-state index contributed by atoms with van der Waals surface area (Å²) in [6.45, 7) is 4.25. The van der Waals surface area contributed by atoms with Gasteiger partial charge in [0.1, 0.15) is 5.92 Å². The minimum Gasteiger partial charge on any atom is -0.309 e. The van der Waals surface area contributed by atoms with Crippen molar-refractivity contribution in [1.82, 2.24) is 0 Å². The lowest BCUT2D eigenvalue weighted by molar-refractivity contribution is -0.138. The van der Waals surface area contributed by atoms with Gasteiger partial charge in [0, 0.05) is 26.9 Å². The highest BCUT2D eigenvalue weighted by Gasteiger charge is 2.44. The van der Waals surface area contributed by atoms with E-state index in [0.29, 0.717) is 36.4 Å². The number of benzene rings is 4. The Balaban J connectivity index is 2.14. The lowest BCUT2D eigenvalue weighted by atomic mass is 9.76. The summed E-state index contributed by atoms with van der Waals surface area (Å²) in [4.78, 5) is 28.0. The van der Waals surface area contributed by atoms with Gasteiger partial charge in [-0.1, -0.05) is 75.4 Å². The molecule has 0 aromatic heterocycles. The Bertz CT molecular complexity index is 1760. The number of halogens is 9. The predicted octanol–water partition coefficient (Wildman–Crippen LogP) is 8.96. The fourth-order valence-electron chi connectivity index (χ4n) is 5.00. The number of carbonyl (C=O) groups is 2. The van der Waals surface area contributed by atoms with E-state index in [2.05, 4.69) is 0 Å². The standard InChI is InChI=1S/C34H26F9O3P/c1-31(2,3)30(45)28(29(44)20-7-5-4-6-8-20)26-19-23(34(41,42)43)13-18-27(26)47(46,24-14-9-21(10-15-24)32(35,36)37)25-16-11-22(12-17-25)33(38,39)40/h4-19,28H,1-3H3. The summed E-state index contributed by atoms with van der Waals surface area (Å²) >= 11 is 0. The Hall–Kier alpha value is -4.18. The van der Waals surface area contributed by atoms with Crippen LogP contribution in [0.2, 0.25) is 0 Å². The number of Topliss-reactive ketones (excluding diaryl/α,β-unsaturated/α-hetero) is 2. The molecule has 0 heterocycles. The SMILES string of the molecule is CC(C)(C)C(=O)C(C(=O)c1ccccc1)c1cc(C(F)(F)F)ccc1P(=O)(c1ccc(C(F)(F)F)cc1)c1ccc(C(F)(F)F)cc1. The van der Waals surface area contributed by atoms with Crippen LogP contribution >= 0.6 is 7.14 Å². The van der Waals surface area contributed by atoms with Crippen molar-refractivity contribution in [2.75, 3.05) is 0 Å². The van der Waals surface area contributed by atoms with Crippen LogP contribution in [0.15, 0.2) is 97.1 Å². The lowest BCUT2D eigenvalue weighted by Crippen LogP contribution is -2.37. The van der Waals surface area contributed by atoms with E-state index in [1.165, 1.54) is 45.0 Å². The van der Waals surface area contributed by atoms with Gasteiger partial charge in [0.2, 0.25) is 0 Å². The van der Waals surface area contributed by atoms with Gasteiger partial charge >= 0.3 is 18.5 Å². The third kappa shape index (κ3) is 7.38. The molecule has 0 N–H and O–H groups in total. The van der Waals surface area contributed by atoms with E-state index >= 15 is 4.57 Å². The van der Waals surface area contributed by atoms with Crippen LogP contribution in [0.3, 0.4) is 0 Å². The molecule has 0 saturated carbocycles. The van der Waals surface area contributed by atoms with Crippen molar-refractivity contribution in [3.05, 3.63) is 125 Å². The molecule has 4 aromatic carbocycles. The smallest absolute Gasteiger partial charge is 0.309 e. The highest BCUT2D eigenvalue weighted by molar-refractivity contribution is 7.85. The van der Waals surface area contributed by atoms with Crippen LogP contribution in [0.25, 0.3) is 0 Å². The summed E-state index contributed by atoms with van der Waals surface area (Å²) in [5.74, 6) is -3.80. The maximum Gasteiger partial charge on any atom is 0.416 e. The molecule has 0 amide bonds. The molecule has 0 radical (unpaired) electrons. The van der Waals surface area contributed by atoms with Crippen molar-refractivity contribution in [2.45, 2.75) is 45.2 Å². The topological polar surface area (TPSA) is 51.2 Å². The second-order valence-corrected chi connectivity index (χ2v) is 14.5. The molecule has 1 unspecified atom stereocenters. The van der Waals surface area contributed by atoms with E-state index in [9.17, 15) is 49.1 Å². The fourth-order valence-corrected chi connectivity index (χ4v) is 7.83. The molecule has 0 aliphatic carbocycles. The molecule has 13 heteroatoms. The van der Waals surface area contributed by atoms with E-state index in [-0.39, 0.29) is 16.2 Å². The molecule has 4 rings (SSSR count). The molecule has 1 atom stereocenters. The molecule has 0 bridgehead atoms. The average Bonchev–Trinajstić information content (AvgIpc) is 2.99. The van der Waals surface area contributed by atoms with Gasteiger partial charge in [-0.3, -0.25) is 9.59 Å². The van der Waals surface area contributed by atoms with Gasteiger partial charge in [-0.05, 0) is 48.0 Å². The van der Waals surface area contributed by atoms with Crippen LogP contribution in [0.1, 0.15) is 59.3 Å². The number of alkyl halides is 9. The Morgan fingerprint density at radius 2 is 0.979 bits per heavy atom. The second kappa shape index (κ2) is 12.4. The largest absolute Gasteiger partial charge is 0.416 e. The molecule has 0 fully saturated rings. The zero-order valence-corrected chi connectivity index (χ0v) is 25.8. The maximum atomic E-state index is 15.4. The molecule has 3 nitrogen and oxygen atoms in total. The molecule has 0 aliphatic rings. The average molecular weight is 685 g/mol. The zero-order chi connectivity index (χ0) is 35.2. The molecule has 248 valence electrons. The van der Waals surface area contributed by atoms with Crippen LogP contribution in [0.5, 0.6) is 0 Å². The minimum atomic E-state index is -5.02. The first-order chi connectivity index (χ1) is 21.6. The van der Waals surface area contributed by atoms with E-state index in [1.54, 1.807) is 6.07 Å². The fraction of sp³-hybridized carbons (Fsp3) is 0.235. The number of ketones is 2. The monoisotopic (exact) mass is 684 g/mol.